The van der Waals surface area contributed by atoms with Gasteiger partial charge < -0.3 is 15.7 Å². The number of nitrogens with two attached hydrogens (primary N) is 1. The third-order valence-corrected chi connectivity index (χ3v) is 3.34. The van der Waals surface area contributed by atoms with Crippen LogP contribution in [-0.4, -0.2) is 41.0 Å². The van der Waals surface area contributed by atoms with E-state index < -0.39 is 18.1 Å². The fourth-order valence-electron chi connectivity index (χ4n) is 2.04. The topological polar surface area (TPSA) is 83.6 Å². The van der Waals surface area contributed by atoms with Gasteiger partial charge in [-0.25, -0.2) is 0 Å². The zero-order valence-corrected chi connectivity index (χ0v) is 13.2. The van der Waals surface area contributed by atoms with Crippen molar-refractivity contribution < 1.29 is 14.7 Å². The molecule has 5 heteroatoms. The Morgan fingerprint density at radius 2 is 1.85 bits per heavy atom. The fraction of sp³-hybridized carbons (Fsp3) is 0.733. The Hall–Kier alpha value is -1.36. The number of amides is 2. The van der Waals surface area contributed by atoms with Crippen molar-refractivity contribution in [3.05, 3.63) is 12.2 Å². The number of aliphatic hydroxyl groups is 1. The van der Waals surface area contributed by atoms with Crippen molar-refractivity contribution in [2.24, 2.45) is 17.6 Å². The second-order valence-corrected chi connectivity index (χ2v) is 5.72. The number of allylic oxidation sites excluding steroid dienone is 2. The second-order valence-electron chi connectivity index (χ2n) is 5.72. The molecule has 0 aromatic carbocycles. The molecule has 0 saturated heterocycles. The van der Waals surface area contributed by atoms with Crippen LogP contribution in [0.25, 0.3) is 0 Å². The third-order valence-electron chi connectivity index (χ3n) is 3.34. The van der Waals surface area contributed by atoms with E-state index in [-0.39, 0.29) is 17.7 Å². The molecule has 0 fully saturated rings. The first-order chi connectivity index (χ1) is 9.22. The summed E-state index contributed by atoms with van der Waals surface area (Å²) in [5, 5.41) is 10.3. The van der Waals surface area contributed by atoms with E-state index in [0.717, 1.165) is 0 Å². The minimum absolute atomic E-state index is 0.155. The van der Waals surface area contributed by atoms with Gasteiger partial charge in [0, 0.05) is 13.5 Å². The molecule has 0 aromatic rings. The van der Waals surface area contributed by atoms with Gasteiger partial charge in [0.15, 0.2) is 0 Å². The molecule has 3 N–H and O–H groups in total. The Balaban J connectivity index is 4.94. The predicted molar refractivity (Wildman–Crippen MR) is 79.8 cm³/mol. The molecule has 0 aliphatic heterocycles. The molecule has 2 amide bonds. The van der Waals surface area contributed by atoms with Crippen LogP contribution >= 0.6 is 0 Å². The van der Waals surface area contributed by atoms with Crippen LogP contribution in [0.15, 0.2) is 12.2 Å². The maximum Gasteiger partial charge on any atom is 0.242 e. The van der Waals surface area contributed by atoms with Gasteiger partial charge in [-0.15, -0.1) is 0 Å². The van der Waals surface area contributed by atoms with Gasteiger partial charge in [-0.2, -0.15) is 0 Å². The predicted octanol–water partition coefficient (Wildman–Crippen LogP) is 1.31. The summed E-state index contributed by atoms with van der Waals surface area (Å²) in [5.74, 6) is -0.820. The molecular weight excluding hydrogens is 256 g/mol. The standard InChI is InChI=1S/C15H28N2O3/c1-6-7-8-11(4)14(19)13(15(16)20)17(5)12(18)9-10(2)3/h6-7,10-11,13-14,19H,8-9H2,1-5H3,(H2,16,20)/b7-6+/t11-,13+,14?/m1/s1. The molecule has 0 rings (SSSR count). The van der Waals surface area contributed by atoms with E-state index in [4.69, 9.17) is 5.73 Å². The van der Waals surface area contributed by atoms with E-state index in [2.05, 4.69) is 0 Å². The summed E-state index contributed by atoms with van der Waals surface area (Å²) in [6, 6.07) is -0.985. The molecule has 0 heterocycles. The molecule has 0 aromatic heterocycles. The highest BCUT2D eigenvalue weighted by molar-refractivity contribution is 5.87. The Bertz CT molecular complexity index is 353. The van der Waals surface area contributed by atoms with Gasteiger partial charge in [0.1, 0.15) is 6.04 Å². The zero-order chi connectivity index (χ0) is 15.9. The third kappa shape index (κ3) is 5.74. The Morgan fingerprint density at radius 1 is 1.30 bits per heavy atom. The number of hydrogen-bond donors (Lipinski definition) is 2. The van der Waals surface area contributed by atoms with E-state index in [1.807, 2.05) is 39.8 Å². The largest absolute Gasteiger partial charge is 0.390 e. The van der Waals surface area contributed by atoms with Crippen molar-refractivity contribution in [2.75, 3.05) is 7.05 Å². The summed E-state index contributed by atoms with van der Waals surface area (Å²) in [5.41, 5.74) is 5.36. The Kier molecular flexibility index (Phi) is 8.15. The number of carbonyl (C=O) groups excluding carboxylic acids is 2. The van der Waals surface area contributed by atoms with Gasteiger partial charge in [-0.1, -0.05) is 32.9 Å². The van der Waals surface area contributed by atoms with Gasteiger partial charge in [0.2, 0.25) is 11.8 Å². The summed E-state index contributed by atoms with van der Waals surface area (Å²) >= 11 is 0. The van der Waals surface area contributed by atoms with Gasteiger partial charge in [0.05, 0.1) is 6.10 Å². The Labute approximate surface area is 121 Å². The molecule has 0 saturated carbocycles. The van der Waals surface area contributed by atoms with Crippen molar-refractivity contribution in [1.82, 2.24) is 4.90 Å². The average molecular weight is 284 g/mol. The van der Waals surface area contributed by atoms with E-state index in [1.165, 1.54) is 11.9 Å². The first-order valence-electron chi connectivity index (χ1n) is 7.06. The summed E-state index contributed by atoms with van der Waals surface area (Å²) in [4.78, 5) is 24.9. The van der Waals surface area contributed by atoms with Crippen molar-refractivity contribution in [2.45, 2.75) is 52.7 Å². The highest BCUT2D eigenvalue weighted by atomic mass is 16.3. The smallest absolute Gasteiger partial charge is 0.242 e. The lowest BCUT2D eigenvalue weighted by Gasteiger charge is -2.32. The minimum atomic E-state index is -0.985. The van der Waals surface area contributed by atoms with Crippen LogP contribution in [0.1, 0.15) is 40.5 Å². The SMILES string of the molecule is C/C=C/C[C@@H](C)C(O)[C@@H](C(N)=O)N(C)C(=O)CC(C)C. The van der Waals surface area contributed by atoms with E-state index in [0.29, 0.717) is 12.8 Å². The lowest BCUT2D eigenvalue weighted by atomic mass is 9.93. The van der Waals surface area contributed by atoms with Crippen LogP contribution < -0.4 is 5.73 Å². The van der Waals surface area contributed by atoms with Crippen molar-refractivity contribution >= 4 is 11.8 Å². The lowest BCUT2D eigenvalue weighted by Crippen LogP contribution is -2.54. The van der Waals surface area contributed by atoms with Crippen molar-refractivity contribution in [1.29, 1.82) is 0 Å². The summed E-state index contributed by atoms with van der Waals surface area (Å²) in [6.45, 7) is 7.58. The molecular formula is C15H28N2O3. The molecule has 116 valence electrons. The van der Waals surface area contributed by atoms with Gasteiger partial charge in [-0.3, -0.25) is 9.59 Å². The number of nitrogens with zero attached hydrogens (tertiary/aromatic N) is 1. The van der Waals surface area contributed by atoms with Crippen molar-refractivity contribution in [3.8, 4) is 0 Å². The number of hydrogen-bond acceptors (Lipinski definition) is 3. The maximum atomic E-state index is 12.0. The summed E-state index contributed by atoms with van der Waals surface area (Å²) < 4.78 is 0. The van der Waals surface area contributed by atoms with Gasteiger partial charge in [-0.05, 0) is 25.2 Å². The second kappa shape index (κ2) is 8.74. The van der Waals surface area contributed by atoms with Gasteiger partial charge in [0.25, 0.3) is 0 Å². The molecule has 3 atom stereocenters. The zero-order valence-electron chi connectivity index (χ0n) is 13.2. The molecule has 0 bridgehead atoms. The highest BCUT2D eigenvalue weighted by Crippen LogP contribution is 2.17. The number of rotatable bonds is 8. The first-order valence-corrected chi connectivity index (χ1v) is 7.06. The van der Waals surface area contributed by atoms with Crippen LogP contribution in [0.5, 0.6) is 0 Å². The summed E-state index contributed by atoms with van der Waals surface area (Å²) in [6.07, 6.45) is 3.80. The van der Waals surface area contributed by atoms with Crippen LogP contribution in [0.4, 0.5) is 0 Å². The van der Waals surface area contributed by atoms with E-state index in [1.54, 1.807) is 0 Å². The number of primary amides is 1. The monoisotopic (exact) mass is 284 g/mol. The molecule has 5 nitrogen and oxygen atoms in total. The van der Waals surface area contributed by atoms with Crippen LogP contribution in [0.2, 0.25) is 0 Å². The normalized spacial score (nSPS) is 16.1. The summed E-state index contributed by atoms with van der Waals surface area (Å²) in [7, 11) is 1.52. The molecule has 0 aliphatic rings. The Morgan fingerprint density at radius 3 is 2.25 bits per heavy atom. The number of carbonyl (C=O) groups is 2. The van der Waals surface area contributed by atoms with Crippen LogP contribution in [0, 0.1) is 11.8 Å². The van der Waals surface area contributed by atoms with Gasteiger partial charge >= 0.3 is 0 Å². The van der Waals surface area contributed by atoms with Crippen molar-refractivity contribution in [3.63, 3.8) is 0 Å². The molecule has 20 heavy (non-hydrogen) atoms. The number of aliphatic hydroxyl groups excluding tert-OH is 1. The fourth-order valence-corrected chi connectivity index (χ4v) is 2.04. The molecule has 0 radical (unpaired) electrons. The highest BCUT2D eigenvalue weighted by Gasteiger charge is 2.34. The minimum Gasteiger partial charge on any atom is -0.390 e. The molecule has 0 aliphatic carbocycles. The van der Waals surface area contributed by atoms with Crippen LogP contribution in [0.3, 0.4) is 0 Å². The quantitative estimate of drug-likeness (QED) is 0.659. The number of likely N-dealkylation sites (N-methyl/N-ethyl adjacent to an activating group) is 1. The average Bonchev–Trinajstić information content (AvgIpc) is 2.34. The maximum absolute atomic E-state index is 12.0. The molecule has 1 unspecified atom stereocenters. The van der Waals surface area contributed by atoms with Crippen LogP contribution in [-0.2, 0) is 9.59 Å². The lowest BCUT2D eigenvalue weighted by molar-refractivity contribution is -0.143. The van der Waals surface area contributed by atoms with E-state index in [9.17, 15) is 14.7 Å². The van der Waals surface area contributed by atoms with E-state index >= 15 is 0 Å². The first kappa shape index (κ1) is 18.6. The molecule has 0 spiro atoms.